The maximum atomic E-state index is 13.6. The molecular formula is C25H33N3O6S. The molecule has 10 heteroatoms. The highest BCUT2D eigenvalue weighted by Gasteiger charge is 2.31. The molecule has 2 amide bonds. The SMILES string of the molecule is CCS(=O)(=O)N(CC(=O)N(Cc1cccc(C)c1)C(C)C(=O)NC(C)C)c1ccc2c(c1)OCO2. The van der Waals surface area contributed by atoms with Crippen LogP contribution in [0.2, 0.25) is 0 Å². The summed E-state index contributed by atoms with van der Waals surface area (Å²) in [5.41, 5.74) is 2.15. The third-order valence-electron chi connectivity index (χ3n) is 5.66. The molecule has 0 aromatic heterocycles. The number of hydrogen-bond donors (Lipinski definition) is 1. The lowest BCUT2D eigenvalue weighted by Gasteiger charge is -2.32. The Bertz CT molecular complexity index is 1180. The first-order chi connectivity index (χ1) is 16.5. The van der Waals surface area contributed by atoms with Gasteiger partial charge in [0, 0.05) is 18.7 Å². The maximum Gasteiger partial charge on any atom is 0.244 e. The molecule has 1 N–H and O–H groups in total. The Morgan fingerprint density at radius 3 is 2.43 bits per heavy atom. The van der Waals surface area contributed by atoms with Gasteiger partial charge in [-0.2, -0.15) is 0 Å². The van der Waals surface area contributed by atoms with Crippen LogP contribution in [-0.2, 0) is 26.2 Å². The standard InChI is InChI=1S/C25H33N3O6S/c1-6-35(31,32)28(21-10-11-22-23(13-21)34-16-33-22)15-24(29)27(19(5)25(30)26-17(2)3)14-20-9-7-8-18(4)12-20/h7-13,17,19H,6,14-16H2,1-5H3,(H,26,30). The van der Waals surface area contributed by atoms with E-state index in [1.807, 2.05) is 45.0 Å². The van der Waals surface area contributed by atoms with Crippen LogP contribution in [-0.4, -0.2) is 56.3 Å². The van der Waals surface area contributed by atoms with E-state index in [4.69, 9.17) is 9.47 Å². The molecule has 190 valence electrons. The van der Waals surface area contributed by atoms with Crippen molar-refractivity contribution in [2.75, 3.05) is 23.4 Å². The van der Waals surface area contributed by atoms with Gasteiger partial charge < -0.3 is 19.7 Å². The molecule has 2 aromatic carbocycles. The molecule has 0 saturated heterocycles. The minimum absolute atomic E-state index is 0.0466. The Labute approximate surface area is 207 Å². The second-order valence-electron chi connectivity index (χ2n) is 8.79. The number of fused-ring (bicyclic) bond motifs is 1. The zero-order chi connectivity index (χ0) is 25.8. The minimum atomic E-state index is -3.81. The van der Waals surface area contributed by atoms with E-state index in [0.29, 0.717) is 17.2 Å². The van der Waals surface area contributed by atoms with Crippen molar-refractivity contribution >= 4 is 27.5 Å². The number of ether oxygens (including phenoxy) is 2. The first-order valence-electron chi connectivity index (χ1n) is 11.6. The van der Waals surface area contributed by atoms with Crippen LogP contribution in [0.25, 0.3) is 0 Å². The summed E-state index contributed by atoms with van der Waals surface area (Å²) < 4.78 is 37.8. The highest BCUT2D eigenvalue weighted by Crippen LogP contribution is 2.36. The first-order valence-corrected chi connectivity index (χ1v) is 13.2. The third-order valence-corrected chi connectivity index (χ3v) is 7.40. The van der Waals surface area contributed by atoms with Gasteiger partial charge in [0.25, 0.3) is 0 Å². The highest BCUT2D eigenvalue weighted by atomic mass is 32.2. The van der Waals surface area contributed by atoms with Crippen molar-refractivity contribution in [1.29, 1.82) is 0 Å². The average molecular weight is 504 g/mol. The van der Waals surface area contributed by atoms with E-state index in [0.717, 1.165) is 15.4 Å². The number of anilines is 1. The number of carbonyl (C=O) groups is 2. The van der Waals surface area contributed by atoms with Crippen LogP contribution < -0.4 is 19.1 Å². The number of hydrogen-bond acceptors (Lipinski definition) is 6. The number of aryl methyl sites for hydroxylation is 1. The van der Waals surface area contributed by atoms with Crippen molar-refractivity contribution in [3.8, 4) is 11.5 Å². The van der Waals surface area contributed by atoms with E-state index >= 15 is 0 Å². The van der Waals surface area contributed by atoms with Crippen LogP contribution in [0.5, 0.6) is 11.5 Å². The Hall–Kier alpha value is -3.27. The molecule has 1 aliphatic rings. The fourth-order valence-electron chi connectivity index (χ4n) is 3.76. The molecule has 1 aliphatic heterocycles. The zero-order valence-electron chi connectivity index (χ0n) is 20.8. The molecule has 1 heterocycles. The summed E-state index contributed by atoms with van der Waals surface area (Å²) >= 11 is 0. The molecule has 1 unspecified atom stereocenters. The summed E-state index contributed by atoms with van der Waals surface area (Å²) in [7, 11) is -3.81. The summed E-state index contributed by atoms with van der Waals surface area (Å²) in [5, 5.41) is 2.83. The normalized spacial score (nSPS) is 13.4. The predicted octanol–water partition coefficient (Wildman–Crippen LogP) is 2.82. The lowest BCUT2D eigenvalue weighted by atomic mass is 10.1. The van der Waals surface area contributed by atoms with Gasteiger partial charge in [-0.3, -0.25) is 13.9 Å². The number of nitrogens with one attached hydrogen (secondary N) is 1. The van der Waals surface area contributed by atoms with Gasteiger partial charge in [-0.1, -0.05) is 29.8 Å². The van der Waals surface area contributed by atoms with E-state index in [9.17, 15) is 18.0 Å². The molecule has 0 aliphatic carbocycles. The van der Waals surface area contributed by atoms with Crippen LogP contribution in [0.4, 0.5) is 5.69 Å². The second-order valence-corrected chi connectivity index (χ2v) is 11.0. The molecule has 0 bridgehead atoms. The van der Waals surface area contributed by atoms with Crippen LogP contribution in [0.1, 0.15) is 38.8 Å². The number of rotatable bonds is 10. The summed E-state index contributed by atoms with van der Waals surface area (Å²) in [6, 6.07) is 11.5. The molecule has 0 saturated carbocycles. The van der Waals surface area contributed by atoms with Crippen molar-refractivity contribution in [2.45, 2.75) is 53.2 Å². The molecular weight excluding hydrogens is 470 g/mol. The molecule has 0 radical (unpaired) electrons. The van der Waals surface area contributed by atoms with E-state index in [-0.39, 0.29) is 31.0 Å². The quantitative estimate of drug-likeness (QED) is 0.535. The largest absolute Gasteiger partial charge is 0.454 e. The number of carbonyl (C=O) groups excluding carboxylic acids is 2. The van der Waals surface area contributed by atoms with Crippen molar-refractivity contribution in [2.24, 2.45) is 0 Å². The van der Waals surface area contributed by atoms with Crippen LogP contribution in [0, 0.1) is 6.92 Å². The van der Waals surface area contributed by atoms with E-state index < -0.39 is 28.5 Å². The molecule has 9 nitrogen and oxygen atoms in total. The Morgan fingerprint density at radius 2 is 1.77 bits per heavy atom. The number of nitrogens with zero attached hydrogens (tertiary/aromatic N) is 2. The van der Waals surface area contributed by atoms with Gasteiger partial charge in [0.1, 0.15) is 12.6 Å². The predicted molar refractivity (Wildman–Crippen MR) is 134 cm³/mol. The Balaban J connectivity index is 1.94. The van der Waals surface area contributed by atoms with Gasteiger partial charge >= 0.3 is 0 Å². The fourth-order valence-corrected chi connectivity index (χ4v) is 4.81. The van der Waals surface area contributed by atoms with Crippen LogP contribution in [0.15, 0.2) is 42.5 Å². The molecule has 3 rings (SSSR count). The number of sulfonamides is 1. The van der Waals surface area contributed by atoms with Gasteiger partial charge in [0.2, 0.25) is 28.6 Å². The van der Waals surface area contributed by atoms with Gasteiger partial charge in [0.15, 0.2) is 11.5 Å². The molecule has 1 atom stereocenters. The lowest BCUT2D eigenvalue weighted by Crippen LogP contribution is -2.52. The monoisotopic (exact) mass is 503 g/mol. The fraction of sp³-hybridized carbons (Fsp3) is 0.440. The van der Waals surface area contributed by atoms with Crippen molar-refractivity contribution in [3.05, 3.63) is 53.6 Å². The average Bonchev–Trinajstić information content (AvgIpc) is 3.27. The first kappa shape index (κ1) is 26.3. The van der Waals surface area contributed by atoms with E-state index in [2.05, 4.69) is 5.32 Å². The Morgan fingerprint density at radius 1 is 1.06 bits per heavy atom. The second kappa shape index (κ2) is 11.0. The molecule has 0 fully saturated rings. The summed E-state index contributed by atoms with van der Waals surface area (Å²) in [5.74, 6) is -0.0844. The zero-order valence-corrected chi connectivity index (χ0v) is 21.6. The summed E-state index contributed by atoms with van der Waals surface area (Å²) in [4.78, 5) is 27.9. The summed E-state index contributed by atoms with van der Waals surface area (Å²) in [6.45, 7) is 8.53. The van der Waals surface area contributed by atoms with Crippen molar-refractivity contribution in [3.63, 3.8) is 0 Å². The minimum Gasteiger partial charge on any atom is -0.454 e. The lowest BCUT2D eigenvalue weighted by molar-refractivity contribution is -0.139. The van der Waals surface area contributed by atoms with Gasteiger partial charge in [0.05, 0.1) is 11.4 Å². The van der Waals surface area contributed by atoms with Gasteiger partial charge in [-0.05, 0) is 52.3 Å². The third kappa shape index (κ3) is 6.45. The van der Waals surface area contributed by atoms with E-state index in [1.165, 1.54) is 11.8 Å². The van der Waals surface area contributed by atoms with Crippen LogP contribution >= 0.6 is 0 Å². The van der Waals surface area contributed by atoms with Gasteiger partial charge in [-0.25, -0.2) is 8.42 Å². The molecule has 0 spiro atoms. The van der Waals surface area contributed by atoms with Crippen LogP contribution in [0.3, 0.4) is 0 Å². The molecule has 35 heavy (non-hydrogen) atoms. The van der Waals surface area contributed by atoms with E-state index in [1.54, 1.807) is 25.1 Å². The maximum absolute atomic E-state index is 13.6. The number of amides is 2. The van der Waals surface area contributed by atoms with Crippen molar-refractivity contribution in [1.82, 2.24) is 10.2 Å². The Kier molecular flexibility index (Phi) is 8.26. The summed E-state index contributed by atoms with van der Waals surface area (Å²) in [6.07, 6.45) is 0. The van der Waals surface area contributed by atoms with Crippen molar-refractivity contribution < 1.29 is 27.5 Å². The topological polar surface area (TPSA) is 105 Å². The smallest absolute Gasteiger partial charge is 0.244 e. The molecule has 2 aromatic rings. The van der Waals surface area contributed by atoms with Gasteiger partial charge in [-0.15, -0.1) is 0 Å². The highest BCUT2D eigenvalue weighted by molar-refractivity contribution is 7.92. The number of benzene rings is 2.